The molecule has 0 rings (SSSR count). The minimum atomic E-state index is 0. The van der Waals surface area contributed by atoms with Crippen molar-refractivity contribution in [3.63, 3.8) is 0 Å². The minimum Gasteiger partial charge on any atom is 2.00 e. The molecule has 0 saturated carbocycles. The number of hydrogen-bond acceptors (Lipinski definition) is 1. The molecular formula is H2MnNdOSr. The molecular weight excluding hydrogens is 303 g/mol. The van der Waals surface area contributed by atoms with Crippen LogP contribution in [-0.2, 0) is 19.8 Å². The van der Waals surface area contributed by atoms with E-state index in [-0.39, 0.29) is 89.2 Å². The molecule has 0 aromatic carbocycles. The van der Waals surface area contributed by atoms with Gasteiger partial charge in [-0.2, -0.15) is 0 Å². The first-order valence-electron chi connectivity index (χ1n) is 0.154. The molecule has 0 fully saturated rings. The third kappa shape index (κ3) is 8.94. The fourth-order valence-corrected chi connectivity index (χ4v) is 0. The molecule has 0 aromatic rings. The molecule has 0 amide bonds. The van der Waals surface area contributed by atoms with Gasteiger partial charge in [-0.15, -0.1) is 0 Å². The molecule has 0 saturated heterocycles. The summed E-state index contributed by atoms with van der Waals surface area (Å²) in [6.07, 6.45) is 0. The Labute approximate surface area is 106 Å². The van der Waals surface area contributed by atoms with Gasteiger partial charge >= 0.3 is 65.3 Å². The van der Waals surface area contributed by atoms with Crippen molar-refractivity contribution in [1.29, 1.82) is 0 Å². The maximum atomic E-state index is 8.06. The fraction of sp³-hybridized carbons (Fsp3) is 0. The SMILES string of the molecule is [H-].[H-].[Nd].[O]=[Mn].[Sr+2]. The van der Waals surface area contributed by atoms with Crippen molar-refractivity contribution in [3.8, 4) is 0 Å². The Kier molecular flexibility index (Phi) is 64.5. The van der Waals surface area contributed by atoms with Crippen LogP contribution in [0.5, 0.6) is 0 Å². The van der Waals surface area contributed by atoms with Crippen LogP contribution in [0.3, 0.4) is 0 Å². The largest absolute Gasteiger partial charge is 2.00 e. The second-order valence-corrected chi connectivity index (χ2v) is 0. The van der Waals surface area contributed by atoms with Gasteiger partial charge in [-0.3, -0.25) is 0 Å². The van der Waals surface area contributed by atoms with E-state index in [0.717, 1.165) is 0 Å². The van der Waals surface area contributed by atoms with Gasteiger partial charge in [0.2, 0.25) is 0 Å². The van der Waals surface area contributed by atoms with Gasteiger partial charge in [-0.05, 0) is 0 Å². The normalized spacial score (nSPS) is 1.00. The van der Waals surface area contributed by atoms with Crippen molar-refractivity contribution >= 4 is 45.5 Å². The Morgan fingerprint density at radius 3 is 1.50 bits per heavy atom. The monoisotopic (exact) mass is 303 g/mol. The molecule has 4 heavy (non-hydrogen) atoms. The van der Waals surface area contributed by atoms with Gasteiger partial charge in [0, 0.05) is 40.8 Å². The Bertz CT molecular complexity index is 13.5. The molecule has 21 valence electrons. The Hall–Kier alpha value is 3.15. The summed E-state index contributed by atoms with van der Waals surface area (Å²) in [6.45, 7) is 0. The van der Waals surface area contributed by atoms with Gasteiger partial charge in [0.25, 0.3) is 0 Å². The summed E-state index contributed by atoms with van der Waals surface area (Å²) < 4.78 is 8.06. The molecule has 0 aliphatic rings. The van der Waals surface area contributed by atoms with E-state index in [1.54, 1.807) is 15.9 Å². The summed E-state index contributed by atoms with van der Waals surface area (Å²) >= 11 is 1.69. The Morgan fingerprint density at radius 1 is 1.50 bits per heavy atom. The van der Waals surface area contributed by atoms with Crippen molar-refractivity contribution in [1.82, 2.24) is 0 Å². The topological polar surface area (TPSA) is 17.1 Å². The maximum Gasteiger partial charge on any atom is 2.00 e. The average molecular weight is 305 g/mol. The van der Waals surface area contributed by atoms with E-state index >= 15 is 0 Å². The van der Waals surface area contributed by atoms with Crippen molar-refractivity contribution in [2.45, 2.75) is 0 Å². The molecule has 4 heteroatoms. The predicted molar refractivity (Wildman–Crippen MR) is 8.66 cm³/mol. The van der Waals surface area contributed by atoms with Crippen LogP contribution >= 0.6 is 0 Å². The smallest absolute Gasteiger partial charge is 2.00 e. The van der Waals surface area contributed by atoms with Crippen molar-refractivity contribution < 1.29 is 63.5 Å². The van der Waals surface area contributed by atoms with E-state index in [0.29, 0.717) is 0 Å². The van der Waals surface area contributed by atoms with Crippen molar-refractivity contribution in [2.24, 2.45) is 0 Å². The van der Waals surface area contributed by atoms with E-state index in [4.69, 9.17) is 3.83 Å². The van der Waals surface area contributed by atoms with Crippen LogP contribution in [0.25, 0.3) is 0 Å². The first-order chi connectivity index (χ1) is 1.00. The van der Waals surface area contributed by atoms with Crippen LogP contribution in [0.4, 0.5) is 0 Å². The fourth-order valence-electron chi connectivity index (χ4n) is 0. The molecule has 0 heterocycles. The molecule has 1 nitrogen and oxygen atoms in total. The maximum absolute atomic E-state index is 8.06. The summed E-state index contributed by atoms with van der Waals surface area (Å²) in [7, 11) is 0. The third-order valence-corrected chi connectivity index (χ3v) is 0. The Morgan fingerprint density at radius 2 is 1.50 bits per heavy atom. The van der Waals surface area contributed by atoms with Gasteiger partial charge in [-0.1, -0.05) is 0 Å². The summed E-state index contributed by atoms with van der Waals surface area (Å²) in [5, 5.41) is 0. The van der Waals surface area contributed by atoms with E-state index in [1.807, 2.05) is 0 Å². The first-order valence-corrected chi connectivity index (χ1v) is 0.636. The molecule has 0 spiro atoms. The van der Waals surface area contributed by atoms with E-state index in [1.165, 1.54) is 0 Å². The molecule has 0 N–H and O–H groups in total. The van der Waals surface area contributed by atoms with E-state index < -0.39 is 0 Å². The van der Waals surface area contributed by atoms with Crippen molar-refractivity contribution in [3.05, 3.63) is 0 Å². The van der Waals surface area contributed by atoms with Gasteiger partial charge in [0.15, 0.2) is 0 Å². The summed E-state index contributed by atoms with van der Waals surface area (Å²) in [5.41, 5.74) is 0. The summed E-state index contributed by atoms with van der Waals surface area (Å²) in [6, 6.07) is 0. The van der Waals surface area contributed by atoms with Crippen molar-refractivity contribution in [2.75, 3.05) is 0 Å². The van der Waals surface area contributed by atoms with Crippen LogP contribution in [0.1, 0.15) is 2.85 Å². The van der Waals surface area contributed by atoms with Crippen LogP contribution in [0, 0.1) is 40.8 Å². The van der Waals surface area contributed by atoms with Gasteiger partial charge in [0.05, 0.1) is 0 Å². The summed E-state index contributed by atoms with van der Waals surface area (Å²) in [5.74, 6) is 0. The van der Waals surface area contributed by atoms with Crippen LogP contribution < -0.4 is 0 Å². The average Bonchev–Trinajstić information content (AvgIpc) is 1.00. The van der Waals surface area contributed by atoms with Crippen LogP contribution in [0.2, 0.25) is 0 Å². The standard InChI is InChI=1S/Mn.Nd.O.Sr.2H/q;;;+2;2*-1. The van der Waals surface area contributed by atoms with E-state index in [9.17, 15) is 0 Å². The second-order valence-electron chi connectivity index (χ2n) is 0. The predicted octanol–water partition coefficient (Wildman–Crippen LogP) is -0.277. The molecule has 0 bridgehead atoms. The molecule has 0 aromatic heterocycles. The van der Waals surface area contributed by atoms with Crippen LogP contribution in [0.15, 0.2) is 0 Å². The van der Waals surface area contributed by atoms with Gasteiger partial charge < -0.3 is 2.85 Å². The zero-order valence-corrected chi connectivity index (χ0v) is 9.86. The number of rotatable bonds is 0. The quantitative estimate of drug-likeness (QED) is 0.563. The third-order valence-electron chi connectivity index (χ3n) is 0. The molecule has 0 aliphatic heterocycles. The second kappa shape index (κ2) is 16.4. The molecule has 0 aliphatic carbocycles. The summed E-state index contributed by atoms with van der Waals surface area (Å²) in [4.78, 5) is 0. The number of hydrogen-bond donors (Lipinski definition) is 0. The van der Waals surface area contributed by atoms with Gasteiger partial charge in [-0.25, -0.2) is 0 Å². The van der Waals surface area contributed by atoms with Crippen LogP contribution in [-0.4, -0.2) is 45.5 Å². The Balaban J connectivity index is -0.000000000833. The molecule has 0 atom stereocenters. The zero-order valence-electron chi connectivity index (χ0n) is 3.99. The first kappa shape index (κ1) is 15.7. The van der Waals surface area contributed by atoms with E-state index in [2.05, 4.69) is 0 Å². The molecule has 0 radical (unpaired) electrons. The van der Waals surface area contributed by atoms with Gasteiger partial charge in [0.1, 0.15) is 0 Å². The zero-order chi connectivity index (χ0) is 2.00. The minimum absolute atomic E-state index is 0. The molecule has 0 unspecified atom stereocenters.